The van der Waals surface area contributed by atoms with Gasteiger partial charge in [0.25, 0.3) is 5.22 Å². The summed E-state index contributed by atoms with van der Waals surface area (Å²) in [6.45, 7) is 4.26. The average Bonchev–Trinajstić information content (AvgIpc) is 2.74. The first-order valence-electron chi connectivity index (χ1n) is 6.49. The topological polar surface area (TPSA) is 38.1 Å². The monoisotopic (exact) mass is 254 g/mol. The standard InChI is InChI=1S/C13H22N2OS/c1-4-10-5-6-11(14-3)12(7-10)17-13-15-9(2)8-16-13/h8,10-12,14H,4-7H2,1-3H3. The molecule has 1 saturated carbocycles. The van der Waals surface area contributed by atoms with Crippen LogP contribution in [0.1, 0.15) is 38.3 Å². The van der Waals surface area contributed by atoms with Crippen LogP contribution in [-0.4, -0.2) is 23.3 Å². The van der Waals surface area contributed by atoms with E-state index in [2.05, 4.69) is 24.3 Å². The zero-order valence-electron chi connectivity index (χ0n) is 10.9. The maximum absolute atomic E-state index is 5.45. The Bertz CT molecular complexity index is 353. The summed E-state index contributed by atoms with van der Waals surface area (Å²) in [4.78, 5) is 4.39. The van der Waals surface area contributed by atoms with Crippen molar-refractivity contribution in [2.45, 2.75) is 56.0 Å². The largest absolute Gasteiger partial charge is 0.440 e. The summed E-state index contributed by atoms with van der Waals surface area (Å²) in [6, 6.07) is 0.593. The maximum atomic E-state index is 5.45. The first-order chi connectivity index (χ1) is 8.22. The number of oxazole rings is 1. The molecule has 4 heteroatoms. The van der Waals surface area contributed by atoms with E-state index < -0.39 is 0 Å². The molecule has 2 rings (SSSR count). The first-order valence-corrected chi connectivity index (χ1v) is 7.37. The van der Waals surface area contributed by atoms with Crippen LogP contribution in [0, 0.1) is 12.8 Å². The number of hydrogen-bond acceptors (Lipinski definition) is 4. The lowest BCUT2D eigenvalue weighted by molar-refractivity contribution is 0.303. The van der Waals surface area contributed by atoms with E-state index >= 15 is 0 Å². The number of thioether (sulfide) groups is 1. The predicted octanol–water partition coefficient (Wildman–Crippen LogP) is 3.24. The molecule has 0 amide bonds. The highest BCUT2D eigenvalue weighted by Crippen LogP contribution is 2.37. The Hall–Kier alpha value is -0.480. The molecule has 1 aromatic rings. The van der Waals surface area contributed by atoms with Crippen molar-refractivity contribution < 1.29 is 4.42 Å². The maximum Gasteiger partial charge on any atom is 0.256 e. The minimum atomic E-state index is 0.593. The molecule has 1 aliphatic carbocycles. The van der Waals surface area contributed by atoms with Crippen LogP contribution >= 0.6 is 11.8 Å². The van der Waals surface area contributed by atoms with Gasteiger partial charge < -0.3 is 9.73 Å². The van der Waals surface area contributed by atoms with Gasteiger partial charge in [-0.25, -0.2) is 4.98 Å². The minimum Gasteiger partial charge on any atom is -0.440 e. The molecule has 3 nitrogen and oxygen atoms in total. The zero-order valence-corrected chi connectivity index (χ0v) is 11.7. The first kappa shape index (κ1) is 13.0. The number of nitrogens with zero attached hydrogens (tertiary/aromatic N) is 1. The lowest BCUT2D eigenvalue weighted by Gasteiger charge is -2.34. The van der Waals surface area contributed by atoms with Crippen LogP contribution in [0.2, 0.25) is 0 Å². The van der Waals surface area contributed by atoms with Gasteiger partial charge in [-0.2, -0.15) is 0 Å². The van der Waals surface area contributed by atoms with E-state index in [9.17, 15) is 0 Å². The predicted molar refractivity (Wildman–Crippen MR) is 71.4 cm³/mol. The van der Waals surface area contributed by atoms with E-state index in [-0.39, 0.29) is 0 Å². The van der Waals surface area contributed by atoms with Crippen LogP contribution in [-0.2, 0) is 0 Å². The van der Waals surface area contributed by atoms with Gasteiger partial charge >= 0.3 is 0 Å². The summed E-state index contributed by atoms with van der Waals surface area (Å²) in [6.07, 6.45) is 6.92. The number of nitrogens with one attached hydrogen (secondary N) is 1. The van der Waals surface area contributed by atoms with Crippen molar-refractivity contribution in [1.82, 2.24) is 10.3 Å². The number of aromatic nitrogens is 1. The van der Waals surface area contributed by atoms with Crippen LogP contribution in [0.4, 0.5) is 0 Å². The molecule has 1 N–H and O–H groups in total. The Morgan fingerprint density at radius 2 is 2.35 bits per heavy atom. The summed E-state index contributed by atoms with van der Waals surface area (Å²) in [5, 5.41) is 4.85. The van der Waals surface area contributed by atoms with Crippen LogP contribution < -0.4 is 5.32 Å². The van der Waals surface area contributed by atoms with Crippen molar-refractivity contribution in [3.8, 4) is 0 Å². The molecule has 0 saturated heterocycles. The third kappa shape index (κ3) is 3.26. The summed E-state index contributed by atoms with van der Waals surface area (Å²) in [5.74, 6) is 0.869. The van der Waals surface area contributed by atoms with Crippen LogP contribution in [0.15, 0.2) is 15.9 Å². The van der Waals surface area contributed by atoms with E-state index in [1.165, 1.54) is 25.7 Å². The van der Waals surface area contributed by atoms with Gasteiger partial charge in [-0.05, 0) is 39.2 Å². The van der Waals surface area contributed by atoms with Crippen molar-refractivity contribution in [3.63, 3.8) is 0 Å². The van der Waals surface area contributed by atoms with E-state index in [1.807, 2.05) is 6.92 Å². The molecule has 3 atom stereocenters. The lowest BCUT2D eigenvalue weighted by Crippen LogP contribution is -2.40. The van der Waals surface area contributed by atoms with Crippen molar-refractivity contribution in [3.05, 3.63) is 12.0 Å². The summed E-state index contributed by atoms with van der Waals surface area (Å²) < 4.78 is 5.45. The van der Waals surface area contributed by atoms with Gasteiger partial charge in [-0.15, -0.1) is 0 Å². The van der Waals surface area contributed by atoms with Gasteiger partial charge in [0.2, 0.25) is 0 Å². The van der Waals surface area contributed by atoms with Gasteiger partial charge in [0.1, 0.15) is 6.26 Å². The Morgan fingerprint density at radius 3 is 2.94 bits per heavy atom. The highest BCUT2D eigenvalue weighted by molar-refractivity contribution is 7.99. The molecule has 96 valence electrons. The molecule has 0 spiro atoms. The quantitative estimate of drug-likeness (QED) is 0.895. The zero-order chi connectivity index (χ0) is 12.3. The van der Waals surface area contributed by atoms with Gasteiger partial charge in [-0.1, -0.05) is 25.1 Å². The summed E-state index contributed by atoms with van der Waals surface area (Å²) >= 11 is 1.80. The van der Waals surface area contributed by atoms with Crippen LogP contribution in [0.25, 0.3) is 0 Å². The SMILES string of the molecule is CCC1CCC(NC)C(Sc2nc(C)co2)C1. The molecule has 1 aliphatic rings. The second-order valence-corrected chi connectivity index (χ2v) is 6.08. The van der Waals surface area contributed by atoms with E-state index in [1.54, 1.807) is 18.0 Å². The lowest BCUT2D eigenvalue weighted by atomic mass is 9.84. The molecular formula is C13H22N2OS. The number of aryl methyl sites for hydroxylation is 1. The smallest absolute Gasteiger partial charge is 0.256 e. The molecule has 0 aliphatic heterocycles. The van der Waals surface area contributed by atoms with Crippen LogP contribution in [0.3, 0.4) is 0 Å². The van der Waals surface area contributed by atoms with Crippen molar-refractivity contribution in [2.75, 3.05) is 7.05 Å². The van der Waals surface area contributed by atoms with E-state index in [4.69, 9.17) is 4.42 Å². The second kappa shape index (κ2) is 5.91. The molecule has 1 heterocycles. The third-order valence-corrected chi connectivity index (χ3v) is 4.91. The fourth-order valence-corrected chi connectivity index (χ4v) is 3.92. The van der Waals surface area contributed by atoms with Gasteiger partial charge in [0.05, 0.1) is 5.69 Å². The Morgan fingerprint density at radius 1 is 1.53 bits per heavy atom. The highest BCUT2D eigenvalue weighted by atomic mass is 32.2. The Labute approximate surface area is 108 Å². The Balaban J connectivity index is 2.00. The molecule has 0 radical (unpaired) electrons. The van der Waals surface area contributed by atoms with Crippen molar-refractivity contribution >= 4 is 11.8 Å². The van der Waals surface area contributed by atoms with E-state index in [0.717, 1.165) is 16.8 Å². The number of rotatable bonds is 4. The number of hydrogen-bond donors (Lipinski definition) is 1. The highest BCUT2D eigenvalue weighted by Gasteiger charge is 2.30. The van der Waals surface area contributed by atoms with E-state index in [0.29, 0.717) is 11.3 Å². The van der Waals surface area contributed by atoms with Crippen molar-refractivity contribution in [1.29, 1.82) is 0 Å². The van der Waals surface area contributed by atoms with Gasteiger partial charge in [-0.3, -0.25) is 0 Å². The fraction of sp³-hybridized carbons (Fsp3) is 0.769. The molecule has 0 bridgehead atoms. The van der Waals surface area contributed by atoms with Gasteiger partial charge in [0, 0.05) is 11.3 Å². The molecule has 1 fully saturated rings. The summed E-state index contributed by atoms with van der Waals surface area (Å²) in [7, 11) is 2.06. The normalized spacial score (nSPS) is 29.5. The van der Waals surface area contributed by atoms with Crippen molar-refractivity contribution in [2.24, 2.45) is 5.92 Å². The summed E-state index contributed by atoms with van der Waals surface area (Å²) in [5.41, 5.74) is 0.969. The molecule has 3 unspecified atom stereocenters. The average molecular weight is 254 g/mol. The Kier molecular flexibility index (Phi) is 4.51. The molecular weight excluding hydrogens is 232 g/mol. The van der Waals surface area contributed by atoms with Gasteiger partial charge in [0.15, 0.2) is 0 Å². The minimum absolute atomic E-state index is 0.593. The molecule has 1 aromatic heterocycles. The molecule has 17 heavy (non-hydrogen) atoms. The fourth-order valence-electron chi connectivity index (χ4n) is 2.56. The second-order valence-electron chi connectivity index (χ2n) is 4.89. The third-order valence-electron chi connectivity index (χ3n) is 3.70. The molecule has 0 aromatic carbocycles. The van der Waals surface area contributed by atoms with Crippen LogP contribution in [0.5, 0.6) is 0 Å².